The van der Waals surface area contributed by atoms with Gasteiger partial charge < -0.3 is 10.1 Å². The Morgan fingerprint density at radius 2 is 2.18 bits per heavy atom. The van der Waals surface area contributed by atoms with E-state index in [1.165, 1.54) is 11.3 Å². The maximum Gasteiger partial charge on any atom is 0.261 e. The fourth-order valence-corrected chi connectivity index (χ4v) is 3.00. The molecule has 17 heavy (non-hydrogen) atoms. The van der Waals surface area contributed by atoms with Crippen LogP contribution >= 0.6 is 34.5 Å². The third kappa shape index (κ3) is 5.06. The fraction of sp³-hybridized carbons (Fsp3) is 0.600. The summed E-state index contributed by atoms with van der Waals surface area (Å²) in [5.41, 5.74) is 0.879. The average molecular weight is 304 g/mol. The van der Waals surface area contributed by atoms with Crippen LogP contribution in [0, 0.1) is 0 Å². The van der Waals surface area contributed by atoms with Gasteiger partial charge in [0.2, 0.25) is 0 Å². The number of halogens is 4. The minimum Gasteiger partial charge on any atom is -0.375 e. The number of hydrogen-bond acceptors (Lipinski definition) is 3. The van der Waals surface area contributed by atoms with Crippen molar-refractivity contribution in [3.8, 4) is 0 Å². The van der Waals surface area contributed by atoms with Crippen molar-refractivity contribution in [2.45, 2.75) is 18.9 Å². The summed E-state index contributed by atoms with van der Waals surface area (Å²) in [6, 6.07) is 1.74. The topological polar surface area (TPSA) is 21.3 Å². The standard InChI is InChI=1S/C10H13Cl2F2NOS/c1-15-7(2-3-16-5-9(13)14)6-4-8(11)17-10(6)12/h4,7,9,15H,2-3,5H2,1H3. The summed E-state index contributed by atoms with van der Waals surface area (Å²) in [5, 5.41) is 3.06. The predicted octanol–water partition coefficient (Wildman–Crippen LogP) is 3.99. The van der Waals surface area contributed by atoms with E-state index in [-0.39, 0.29) is 12.6 Å². The normalized spacial score (nSPS) is 13.3. The number of rotatable bonds is 7. The van der Waals surface area contributed by atoms with Crippen LogP contribution in [-0.2, 0) is 4.74 Å². The molecule has 0 bridgehead atoms. The molecule has 0 fully saturated rings. The number of alkyl halides is 2. The van der Waals surface area contributed by atoms with Gasteiger partial charge in [0.25, 0.3) is 6.43 Å². The van der Waals surface area contributed by atoms with E-state index in [4.69, 9.17) is 27.9 Å². The molecular weight excluding hydrogens is 291 g/mol. The third-order valence-electron chi connectivity index (χ3n) is 2.20. The molecule has 0 aliphatic carbocycles. The van der Waals surface area contributed by atoms with Gasteiger partial charge in [-0.3, -0.25) is 0 Å². The van der Waals surface area contributed by atoms with Gasteiger partial charge in [-0.05, 0) is 19.5 Å². The van der Waals surface area contributed by atoms with Crippen LogP contribution in [0.1, 0.15) is 18.0 Å². The molecule has 2 nitrogen and oxygen atoms in total. The summed E-state index contributed by atoms with van der Waals surface area (Å²) in [6.07, 6.45) is -1.86. The van der Waals surface area contributed by atoms with Crippen molar-refractivity contribution < 1.29 is 13.5 Å². The molecule has 1 N–H and O–H groups in total. The Labute approximate surface area is 113 Å². The SMILES string of the molecule is CNC(CCOCC(F)F)c1cc(Cl)sc1Cl. The minimum absolute atomic E-state index is 0.0380. The Bertz CT molecular complexity index is 349. The van der Waals surface area contributed by atoms with Crippen LogP contribution < -0.4 is 5.32 Å². The van der Waals surface area contributed by atoms with Gasteiger partial charge >= 0.3 is 0 Å². The van der Waals surface area contributed by atoms with E-state index >= 15 is 0 Å². The van der Waals surface area contributed by atoms with Gasteiger partial charge in [-0.2, -0.15) is 0 Å². The van der Waals surface area contributed by atoms with Crippen molar-refractivity contribution in [3.63, 3.8) is 0 Å². The lowest BCUT2D eigenvalue weighted by Crippen LogP contribution is -2.19. The van der Waals surface area contributed by atoms with E-state index in [1.807, 2.05) is 0 Å². The smallest absolute Gasteiger partial charge is 0.261 e. The highest BCUT2D eigenvalue weighted by Crippen LogP contribution is 2.35. The molecule has 98 valence electrons. The van der Waals surface area contributed by atoms with Crippen LogP contribution in [-0.4, -0.2) is 26.7 Å². The van der Waals surface area contributed by atoms with E-state index < -0.39 is 13.0 Å². The lowest BCUT2D eigenvalue weighted by molar-refractivity contribution is 0.0145. The van der Waals surface area contributed by atoms with E-state index in [2.05, 4.69) is 5.32 Å². The van der Waals surface area contributed by atoms with E-state index in [0.29, 0.717) is 15.1 Å². The Kier molecular flexibility index (Phi) is 6.66. The maximum atomic E-state index is 11.9. The van der Waals surface area contributed by atoms with Crippen molar-refractivity contribution in [1.29, 1.82) is 0 Å². The molecule has 1 aromatic rings. The molecule has 1 heterocycles. The zero-order chi connectivity index (χ0) is 12.8. The van der Waals surface area contributed by atoms with Gasteiger partial charge in [0.1, 0.15) is 6.61 Å². The van der Waals surface area contributed by atoms with E-state index in [0.717, 1.165) is 5.56 Å². The number of nitrogens with one attached hydrogen (secondary N) is 1. The summed E-state index contributed by atoms with van der Waals surface area (Å²) in [5.74, 6) is 0. The number of ether oxygens (including phenoxy) is 1. The third-order valence-corrected chi connectivity index (χ3v) is 3.72. The van der Waals surface area contributed by atoms with Crippen molar-refractivity contribution in [2.24, 2.45) is 0 Å². The van der Waals surface area contributed by atoms with Crippen LogP contribution in [0.15, 0.2) is 6.07 Å². The van der Waals surface area contributed by atoms with Crippen molar-refractivity contribution >= 4 is 34.5 Å². The van der Waals surface area contributed by atoms with Crippen LogP contribution in [0.2, 0.25) is 8.67 Å². The summed E-state index contributed by atoms with van der Waals surface area (Å²) in [7, 11) is 1.78. The Morgan fingerprint density at radius 3 is 2.65 bits per heavy atom. The highest BCUT2D eigenvalue weighted by molar-refractivity contribution is 7.20. The predicted molar refractivity (Wildman–Crippen MR) is 67.6 cm³/mol. The highest BCUT2D eigenvalue weighted by atomic mass is 35.5. The molecule has 0 aromatic carbocycles. The average Bonchev–Trinajstić information content (AvgIpc) is 2.58. The van der Waals surface area contributed by atoms with Gasteiger partial charge in [-0.15, -0.1) is 11.3 Å². The van der Waals surface area contributed by atoms with Crippen LogP contribution in [0.25, 0.3) is 0 Å². The van der Waals surface area contributed by atoms with Crippen LogP contribution in [0.4, 0.5) is 8.78 Å². The van der Waals surface area contributed by atoms with Crippen LogP contribution in [0.3, 0.4) is 0 Å². The maximum absolute atomic E-state index is 11.9. The molecule has 0 aliphatic heterocycles. The van der Waals surface area contributed by atoms with E-state index in [9.17, 15) is 8.78 Å². The molecule has 1 atom stereocenters. The lowest BCUT2D eigenvalue weighted by Gasteiger charge is -2.15. The van der Waals surface area contributed by atoms with Gasteiger partial charge in [0, 0.05) is 18.2 Å². The molecule has 0 saturated heterocycles. The first-order valence-corrected chi connectivity index (χ1v) is 6.59. The molecule has 0 radical (unpaired) electrons. The van der Waals surface area contributed by atoms with Gasteiger partial charge in [0.05, 0.1) is 8.67 Å². The van der Waals surface area contributed by atoms with Crippen molar-refractivity contribution in [3.05, 3.63) is 20.3 Å². The lowest BCUT2D eigenvalue weighted by atomic mass is 10.1. The van der Waals surface area contributed by atoms with Gasteiger partial charge in [-0.25, -0.2) is 8.78 Å². The second-order valence-corrected chi connectivity index (χ2v) is 5.66. The van der Waals surface area contributed by atoms with Gasteiger partial charge in [-0.1, -0.05) is 23.2 Å². The summed E-state index contributed by atoms with van der Waals surface area (Å²) in [6.45, 7) is -0.284. The van der Waals surface area contributed by atoms with Gasteiger partial charge in [0.15, 0.2) is 0 Å². The Morgan fingerprint density at radius 1 is 1.47 bits per heavy atom. The molecular formula is C10H13Cl2F2NOS. The van der Waals surface area contributed by atoms with Crippen molar-refractivity contribution in [1.82, 2.24) is 5.32 Å². The number of hydrogen-bond donors (Lipinski definition) is 1. The number of thiophene rings is 1. The molecule has 1 aromatic heterocycles. The quantitative estimate of drug-likeness (QED) is 0.769. The molecule has 0 aliphatic rings. The second kappa shape index (κ2) is 7.48. The van der Waals surface area contributed by atoms with E-state index in [1.54, 1.807) is 13.1 Å². The zero-order valence-corrected chi connectivity index (χ0v) is 11.5. The molecule has 0 amide bonds. The van der Waals surface area contributed by atoms with Crippen LogP contribution in [0.5, 0.6) is 0 Å². The Hall–Kier alpha value is 0.0600. The monoisotopic (exact) mass is 303 g/mol. The highest BCUT2D eigenvalue weighted by Gasteiger charge is 2.16. The Balaban J connectivity index is 2.46. The molecule has 1 unspecified atom stereocenters. The molecule has 0 spiro atoms. The first kappa shape index (κ1) is 15.1. The van der Waals surface area contributed by atoms with Crippen molar-refractivity contribution in [2.75, 3.05) is 20.3 Å². The second-order valence-electron chi connectivity index (χ2n) is 3.38. The summed E-state index contributed by atoms with van der Waals surface area (Å²) < 4.78 is 29.8. The molecule has 1 rings (SSSR count). The largest absolute Gasteiger partial charge is 0.375 e. The molecule has 7 heteroatoms. The molecule has 0 saturated carbocycles. The first-order chi connectivity index (χ1) is 8.04. The zero-order valence-electron chi connectivity index (χ0n) is 9.18. The fourth-order valence-electron chi connectivity index (χ4n) is 1.42. The minimum atomic E-state index is -2.43. The summed E-state index contributed by atoms with van der Waals surface area (Å²) in [4.78, 5) is 0. The summed E-state index contributed by atoms with van der Waals surface area (Å²) >= 11 is 13.1. The first-order valence-electron chi connectivity index (χ1n) is 5.02.